The minimum absolute atomic E-state index is 0.202. The summed E-state index contributed by atoms with van der Waals surface area (Å²) in [5.74, 6) is 1.58. The summed E-state index contributed by atoms with van der Waals surface area (Å²) in [6.07, 6.45) is 3.59. The molecule has 0 saturated carbocycles. The lowest BCUT2D eigenvalue weighted by Crippen LogP contribution is -2.31. The van der Waals surface area contributed by atoms with E-state index in [1.54, 1.807) is 42.6 Å². The van der Waals surface area contributed by atoms with Crippen LogP contribution in [0.3, 0.4) is 0 Å². The van der Waals surface area contributed by atoms with Crippen molar-refractivity contribution in [2.45, 2.75) is 12.6 Å². The number of anilines is 2. The summed E-state index contributed by atoms with van der Waals surface area (Å²) in [5, 5.41) is 17.4. The number of oxazole rings is 1. The molecule has 3 aromatic rings. The number of methoxy groups -OCH3 is 1. The number of ether oxygens (including phenoxy) is 2. The van der Waals surface area contributed by atoms with E-state index in [1.165, 1.54) is 25.3 Å². The van der Waals surface area contributed by atoms with E-state index in [0.717, 1.165) is 5.56 Å². The lowest BCUT2D eigenvalue weighted by Gasteiger charge is -2.15. The summed E-state index contributed by atoms with van der Waals surface area (Å²) in [7, 11) is 1.53. The lowest BCUT2D eigenvalue weighted by molar-refractivity contribution is 0.0703. The molecule has 10 nitrogen and oxygen atoms in total. The van der Waals surface area contributed by atoms with Gasteiger partial charge in [-0.3, -0.25) is 0 Å². The van der Waals surface area contributed by atoms with Crippen LogP contribution in [0.2, 0.25) is 0 Å². The Labute approximate surface area is 201 Å². The smallest absolute Gasteiger partial charge is 0.407 e. The molecule has 180 valence electrons. The second-order valence-electron chi connectivity index (χ2n) is 7.08. The normalized spacial score (nSPS) is 11.4. The third-order valence-corrected chi connectivity index (χ3v) is 5.31. The Bertz CT molecular complexity index is 1090. The molecule has 3 amide bonds. The quantitative estimate of drug-likeness (QED) is 0.338. The number of aromatic nitrogens is 1. The van der Waals surface area contributed by atoms with Crippen LogP contribution in [-0.2, 0) is 11.3 Å². The molecule has 0 radical (unpaired) electrons. The number of aliphatic hydroxyl groups excluding tert-OH is 1. The van der Waals surface area contributed by atoms with E-state index in [-0.39, 0.29) is 13.2 Å². The largest absolute Gasteiger partial charge is 0.496 e. The molecule has 0 unspecified atom stereocenters. The first-order valence-corrected chi connectivity index (χ1v) is 11.7. The highest BCUT2D eigenvalue weighted by atomic mass is 32.2. The number of amides is 3. The topological polar surface area (TPSA) is 135 Å². The van der Waals surface area contributed by atoms with Crippen molar-refractivity contribution in [1.29, 1.82) is 0 Å². The van der Waals surface area contributed by atoms with E-state index in [4.69, 9.17) is 13.9 Å². The fourth-order valence-electron chi connectivity index (χ4n) is 3.05. The first-order valence-electron chi connectivity index (χ1n) is 10.3. The van der Waals surface area contributed by atoms with Crippen LogP contribution in [0.5, 0.6) is 5.75 Å². The summed E-state index contributed by atoms with van der Waals surface area (Å²) >= 11 is 1.48. The molecular formula is C23H26N4O6S. The number of hydrogen-bond acceptors (Lipinski definition) is 8. The zero-order valence-corrected chi connectivity index (χ0v) is 19.6. The standard InChI is InChI=1S/C23H26N4O6S/c1-31-20-9-17(6-7-19(20)21-11-24-14-32-21)27-22(29)26-16-5-3-4-15(8-16)10-25-23(30)33-18(12-28)13-34-2/h3-9,11,14,18,28H,10,12-13H2,1-2H3,(H,25,30)(H2,26,27,29)/t18-/m1/s1. The second-order valence-corrected chi connectivity index (χ2v) is 7.99. The van der Waals surface area contributed by atoms with Crippen LogP contribution in [0.25, 0.3) is 11.3 Å². The maximum Gasteiger partial charge on any atom is 0.407 e. The predicted octanol–water partition coefficient (Wildman–Crippen LogP) is 3.94. The number of hydrogen-bond donors (Lipinski definition) is 4. The summed E-state index contributed by atoms with van der Waals surface area (Å²) in [6, 6.07) is 11.8. The highest BCUT2D eigenvalue weighted by Gasteiger charge is 2.13. The first-order chi connectivity index (χ1) is 16.5. The van der Waals surface area contributed by atoms with Crippen LogP contribution in [-0.4, -0.2) is 54.0 Å². The third-order valence-electron chi connectivity index (χ3n) is 4.61. The van der Waals surface area contributed by atoms with E-state index in [2.05, 4.69) is 20.9 Å². The van der Waals surface area contributed by atoms with E-state index >= 15 is 0 Å². The van der Waals surface area contributed by atoms with Crippen LogP contribution >= 0.6 is 11.8 Å². The van der Waals surface area contributed by atoms with Crippen molar-refractivity contribution in [2.75, 3.05) is 36.4 Å². The van der Waals surface area contributed by atoms with Gasteiger partial charge in [0.25, 0.3) is 0 Å². The van der Waals surface area contributed by atoms with Crippen LogP contribution < -0.4 is 20.7 Å². The van der Waals surface area contributed by atoms with Crippen molar-refractivity contribution in [3.63, 3.8) is 0 Å². The molecular weight excluding hydrogens is 460 g/mol. The van der Waals surface area contributed by atoms with Crippen molar-refractivity contribution in [1.82, 2.24) is 10.3 Å². The SMILES string of the molecule is COc1cc(NC(=O)Nc2cccc(CNC(=O)O[C@H](CO)CSC)c2)ccc1-c1cnco1. The molecule has 1 aromatic heterocycles. The molecule has 1 atom stereocenters. The lowest BCUT2D eigenvalue weighted by atomic mass is 10.1. The molecule has 0 aliphatic carbocycles. The second kappa shape index (κ2) is 12.5. The van der Waals surface area contributed by atoms with Gasteiger partial charge in [-0.05, 0) is 36.1 Å². The van der Waals surface area contributed by atoms with Crippen LogP contribution in [0, 0.1) is 0 Å². The number of carbonyl (C=O) groups is 2. The Morgan fingerprint density at radius 1 is 1.18 bits per heavy atom. The zero-order chi connectivity index (χ0) is 24.3. The number of aliphatic hydroxyl groups is 1. The number of carbonyl (C=O) groups excluding carboxylic acids is 2. The van der Waals surface area contributed by atoms with Gasteiger partial charge in [0.2, 0.25) is 0 Å². The van der Waals surface area contributed by atoms with Crippen molar-refractivity contribution >= 4 is 35.3 Å². The Morgan fingerprint density at radius 2 is 1.97 bits per heavy atom. The third kappa shape index (κ3) is 7.15. The molecule has 0 spiro atoms. The minimum Gasteiger partial charge on any atom is -0.496 e. The van der Waals surface area contributed by atoms with Gasteiger partial charge >= 0.3 is 12.1 Å². The average Bonchev–Trinajstić information content (AvgIpc) is 3.37. The maximum absolute atomic E-state index is 12.5. The fraction of sp³-hybridized carbons (Fsp3) is 0.261. The number of alkyl carbamates (subject to hydrolysis) is 1. The summed E-state index contributed by atoms with van der Waals surface area (Å²) < 4.78 is 15.9. The van der Waals surface area contributed by atoms with Gasteiger partial charge in [0.1, 0.15) is 11.9 Å². The van der Waals surface area contributed by atoms with Gasteiger partial charge in [0.15, 0.2) is 12.2 Å². The highest BCUT2D eigenvalue weighted by Crippen LogP contribution is 2.32. The Hall–Kier alpha value is -3.70. The Morgan fingerprint density at radius 3 is 2.65 bits per heavy atom. The molecule has 4 N–H and O–H groups in total. The summed E-state index contributed by atoms with van der Waals surface area (Å²) in [5.41, 5.74) is 2.55. The molecule has 3 rings (SSSR count). The maximum atomic E-state index is 12.5. The fourth-order valence-corrected chi connectivity index (χ4v) is 3.60. The van der Waals surface area contributed by atoms with Gasteiger partial charge in [-0.1, -0.05) is 12.1 Å². The molecule has 34 heavy (non-hydrogen) atoms. The number of benzene rings is 2. The molecule has 1 heterocycles. The zero-order valence-electron chi connectivity index (χ0n) is 18.7. The highest BCUT2D eigenvalue weighted by molar-refractivity contribution is 7.98. The monoisotopic (exact) mass is 486 g/mol. The van der Waals surface area contributed by atoms with Gasteiger partial charge in [-0.25, -0.2) is 14.6 Å². The van der Waals surface area contributed by atoms with Crippen molar-refractivity contribution < 1.29 is 28.6 Å². The number of nitrogens with zero attached hydrogens (tertiary/aromatic N) is 1. The first kappa shape index (κ1) is 24.9. The van der Waals surface area contributed by atoms with Gasteiger partial charge in [0.05, 0.1) is 25.5 Å². The molecule has 2 aromatic carbocycles. The molecule has 0 aliphatic rings. The van der Waals surface area contributed by atoms with Crippen LogP contribution in [0.1, 0.15) is 5.56 Å². The van der Waals surface area contributed by atoms with E-state index in [1.807, 2.05) is 12.3 Å². The van der Waals surface area contributed by atoms with Gasteiger partial charge in [-0.15, -0.1) is 0 Å². The Balaban J connectivity index is 1.55. The van der Waals surface area contributed by atoms with Gasteiger partial charge < -0.3 is 34.9 Å². The number of rotatable bonds is 10. The number of urea groups is 1. The predicted molar refractivity (Wildman–Crippen MR) is 130 cm³/mol. The molecule has 0 fully saturated rings. The van der Waals surface area contributed by atoms with Crippen LogP contribution in [0.15, 0.2) is 59.5 Å². The van der Waals surface area contributed by atoms with E-state index < -0.39 is 18.2 Å². The van der Waals surface area contributed by atoms with Gasteiger partial charge in [-0.2, -0.15) is 11.8 Å². The average molecular weight is 487 g/mol. The number of nitrogens with one attached hydrogen (secondary N) is 3. The van der Waals surface area contributed by atoms with Crippen molar-refractivity contribution in [3.05, 3.63) is 60.6 Å². The van der Waals surface area contributed by atoms with Crippen molar-refractivity contribution in [3.8, 4) is 17.1 Å². The molecule has 0 bridgehead atoms. The van der Waals surface area contributed by atoms with E-state index in [9.17, 15) is 14.7 Å². The summed E-state index contributed by atoms with van der Waals surface area (Å²) in [6.45, 7) is -0.0366. The number of thioether (sulfide) groups is 1. The summed E-state index contributed by atoms with van der Waals surface area (Å²) in [4.78, 5) is 28.3. The Kier molecular flexibility index (Phi) is 9.18. The minimum atomic E-state index is -0.619. The molecule has 0 saturated heterocycles. The molecule has 0 aliphatic heterocycles. The van der Waals surface area contributed by atoms with E-state index in [0.29, 0.717) is 34.2 Å². The molecule has 11 heteroatoms. The van der Waals surface area contributed by atoms with Gasteiger partial charge in [0, 0.05) is 29.7 Å². The van der Waals surface area contributed by atoms with Crippen LogP contribution in [0.4, 0.5) is 21.0 Å². The van der Waals surface area contributed by atoms with Crippen molar-refractivity contribution in [2.24, 2.45) is 0 Å².